The van der Waals surface area contributed by atoms with Gasteiger partial charge in [0.05, 0.1) is 39.4 Å². The van der Waals surface area contributed by atoms with Gasteiger partial charge in [0.1, 0.15) is 30.6 Å². The molecule has 4 unspecified atom stereocenters. The van der Waals surface area contributed by atoms with Crippen molar-refractivity contribution >= 4 is 49.3 Å². The molecule has 3 aliphatic heterocycles. The predicted octanol–water partition coefficient (Wildman–Crippen LogP) is 5.77. The van der Waals surface area contributed by atoms with Crippen molar-refractivity contribution in [2.75, 3.05) is 50.5 Å². The number of alkyl halides is 5. The summed E-state index contributed by atoms with van der Waals surface area (Å²) in [6.07, 6.45) is -4.57. The standard InChI is InChI=1S/C32H31F6N7O2S/c1-3-25(46)44-13-22(35)24(14-44)43(2)28-19-9-20(32(36,37)38)18(17-5-6-21(34)27-26(17)41-29(39)48-27)10-23(19)40-30(42-28)47-15-31-7-4-8-45(31)12-16(33)11-31/h3,5-6,9-10,16,22,24H,1,4,7-8,11-15H2,2H3,(H2,39,41). The van der Waals surface area contributed by atoms with Gasteiger partial charge in [-0.15, -0.1) is 0 Å². The number of carbonyl (C=O) groups is 1. The molecule has 0 saturated carbocycles. The monoisotopic (exact) mass is 691 g/mol. The summed E-state index contributed by atoms with van der Waals surface area (Å²) in [5, 5.41) is -0.0696. The minimum Gasteiger partial charge on any atom is -0.461 e. The fraction of sp³-hybridized carbons (Fsp3) is 0.438. The number of benzene rings is 2. The van der Waals surface area contributed by atoms with Gasteiger partial charge in [0.25, 0.3) is 0 Å². The zero-order chi connectivity index (χ0) is 34.1. The number of hydrogen-bond acceptors (Lipinski definition) is 9. The van der Waals surface area contributed by atoms with Gasteiger partial charge in [0.15, 0.2) is 5.13 Å². The summed E-state index contributed by atoms with van der Waals surface area (Å²) in [5.41, 5.74) is 3.84. The Kier molecular flexibility index (Phi) is 7.93. The maximum Gasteiger partial charge on any atom is 0.417 e. The smallest absolute Gasteiger partial charge is 0.417 e. The molecule has 1 amide bonds. The van der Waals surface area contributed by atoms with E-state index in [2.05, 4.69) is 21.5 Å². The molecule has 4 atom stereocenters. The van der Waals surface area contributed by atoms with Gasteiger partial charge >= 0.3 is 12.2 Å². The molecule has 0 spiro atoms. The van der Waals surface area contributed by atoms with Crippen LogP contribution in [-0.4, -0.2) is 94.4 Å². The number of ether oxygens (including phenoxy) is 1. The van der Waals surface area contributed by atoms with Crippen LogP contribution in [0.15, 0.2) is 36.9 Å². The van der Waals surface area contributed by atoms with E-state index in [1.807, 2.05) is 4.90 Å². The van der Waals surface area contributed by atoms with Crippen LogP contribution in [0.5, 0.6) is 6.01 Å². The molecule has 0 bridgehead atoms. The number of fused-ring (bicyclic) bond motifs is 3. The van der Waals surface area contributed by atoms with Crippen LogP contribution in [0.25, 0.3) is 32.2 Å². The van der Waals surface area contributed by atoms with E-state index in [-0.39, 0.29) is 81.9 Å². The van der Waals surface area contributed by atoms with Crippen molar-refractivity contribution in [3.63, 3.8) is 0 Å². The summed E-state index contributed by atoms with van der Waals surface area (Å²) in [4.78, 5) is 30.1. The van der Waals surface area contributed by atoms with Crippen molar-refractivity contribution in [2.45, 2.75) is 49.4 Å². The number of rotatable bonds is 7. The van der Waals surface area contributed by atoms with Crippen molar-refractivity contribution in [3.05, 3.63) is 48.3 Å². The number of nitrogens with zero attached hydrogens (tertiary/aromatic N) is 6. The Labute approximate surface area is 275 Å². The van der Waals surface area contributed by atoms with Crippen molar-refractivity contribution in [3.8, 4) is 17.1 Å². The molecule has 48 heavy (non-hydrogen) atoms. The first kappa shape index (κ1) is 32.4. The van der Waals surface area contributed by atoms with Crippen LogP contribution < -0.4 is 15.4 Å². The third kappa shape index (κ3) is 5.47. The van der Waals surface area contributed by atoms with Gasteiger partial charge in [-0.05, 0) is 55.3 Å². The van der Waals surface area contributed by atoms with Crippen LogP contribution in [0.4, 0.5) is 37.3 Å². The summed E-state index contributed by atoms with van der Waals surface area (Å²) >= 11 is 0.815. The fourth-order valence-electron chi connectivity index (χ4n) is 7.36. The van der Waals surface area contributed by atoms with Gasteiger partial charge in [0, 0.05) is 37.5 Å². The van der Waals surface area contributed by atoms with Gasteiger partial charge in [-0.1, -0.05) is 17.9 Å². The molecule has 3 fully saturated rings. The maximum atomic E-state index is 15.4. The molecule has 16 heteroatoms. The third-order valence-electron chi connectivity index (χ3n) is 9.67. The van der Waals surface area contributed by atoms with E-state index in [0.29, 0.717) is 13.0 Å². The number of hydrogen-bond donors (Lipinski definition) is 1. The first-order valence-electron chi connectivity index (χ1n) is 15.4. The lowest BCUT2D eigenvalue weighted by Crippen LogP contribution is -2.43. The molecular weight excluding hydrogens is 660 g/mol. The second-order valence-corrected chi connectivity index (χ2v) is 13.6. The fourth-order valence-corrected chi connectivity index (χ4v) is 8.13. The van der Waals surface area contributed by atoms with Gasteiger partial charge in [-0.3, -0.25) is 9.69 Å². The van der Waals surface area contributed by atoms with Crippen molar-refractivity contribution in [2.24, 2.45) is 0 Å². The van der Waals surface area contributed by atoms with Crippen LogP contribution in [0.1, 0.15) is 24.8 Å². The molecular formula is C32H31F6N7O2S. The lowest BCUT2D eigenvalue weighted by atomic mass is 9.95. The highest BCUT2D eigenvalue weighted by Crippen LogP contribution is 2.45. The van der Waals surface area contributed by atoms with Gasteiger partial charge in [0.2, 0.25) is 5.91 Å². The number of likely N-dealkylation sites (tertiary alicyclic amines) is 1. The molecule has 0 aliphatic carbocycles. The molecule has 2 aromatic carbocycles. The van der Waals surface area contributed by atoms with Crippen LogP contribution in [0, 0.1) is 5.82 Å². The number of nitrogen functional groups attached to an aromatic ring is 1. The summed E-state index contributed by atoms with van der Waals surface area (Å²) in [6, 6.07) is 3.19. The minimum atomic E-state index is -4.89. The van der Waals surface area contributed by atoms with E-state index in [9.17, 15) is 26.7 Å². The molecule has 0 radical (unpaired) electrons. The van der Waals surface area contributed by atoms with Crippen LogP contribution in [0.3, 0.4) is 0 Å². The normalized spacial score (nSPS) is 24.5. The molecule has 3 saturated heterocycles. The first-order chi connectivity index (χ1) is 22.8. The highest BCUT2D eigenvalue weighted by molar-refractivity contribution is 7.22. The number of anilines is 2. The first-order valence-corrected chi connectivity index (χ1v) is 16.2. The van der Waals surface area contributed by atoms with Crippen molar-refractivity contribution in [1.82, 2.24) is 24.8 Å². The van der Waals surface area contributed by atoms with Gasteiger partial charge in [-0.2, -0.15) is 23.1 Å². The van der Waals surface area contributed by atoms with Crippen molar-refractivity contribution in [1.29, 1.82) is 0 Å². The molecule has 254 valence electrons. The third-order valence-corrected chi connectivity index (χ3v) is 10.6. The zero-order valence-electron chi connectivity index (χ0n) is 25.7. The molecule has 2 N–H and O–H groups in total. The van der Waals surface area contributed by atoms with E-state index >= 15 is 4.39 Å². The number of nitrogens with two attached hydrogens (primary N) is 1. The Morgan fingerprint density at radius 3 is 2.73 bits per heavy atom. The topological polar surface area (TPSA) is 101 Å². The summed E-state index contributed by atoms with van der Waals surface area (Å²) in [6.45, 7) is 4.20. The number of likely N-dealkylation sites (N-methyl/N-ethyl adjacent to an activating group) is 1. The average molecular weight is 692 g/mol. The minimum absolute atomic E-state index is 0.00213. The lowest BCUT2D eigenvalue weighted by molar-refractivity contribution is -0.137. The Morgan fingerprint density at radius 2 is 1.98 bits per heavy atom. The second kappa shape index (κ2) is 11.8. The molecule has 2 aromatic heterocycles. The SMILES string of the molecule is C=CC(=O)N1CC(F)C(N(C)c2nc(OCC34CCCN3CC(F)C4)nc3cc(-c4ccc(F)c5sc(N)nc45)c(C(F)(F)F)cc23)C1. The van der Waals surface area contributed by atoms with Crippen LogP contribution >= 0.6 is 11.3 Å². The van der Waals surface area contributed by atoms with Crippen LogP contribution in [0.2, 0.25) is 0 Å². The number of aromatic nitrogens is 3. The molecule has 9 nitrogen and oxygen atoms in total. The molecule has 4 aromatic rings. The second-order valence-electron chi connectivity index (χ2n) is 12.6. The number of amides is 1. The highest BCUT2D eigenvalue weighted by atomic mass is 32.1. The maximum absolute atomic E-state index is 15.4. The largest absolute Gasteiger partial charge is 0.461 e. The Hall–Kier alpha value is -4.18. The number of carbonyl (C=O) groups excluding carboxylic acids is 1. The van der Waals surface area contributed by atoms with E-state index < -0.39 is 47.4 Å². The molecule has 7 rings (SSSR count). The van der Waals surface area contributed by atoms with E-state index in [0.717, 1.165) is 36.0 Å². The molecule has 5 heterocycles. The van der Waals surface area contributed by atoms with E-state index in [1.165, 1.54) is 29.0 Å². The molecule has 3 aliphatic rings. The van der Waals surface area contributed by atoms with Crippen molar-refractivity contribution < 1.29 is 35.9 Å². The van der Waals surface area contributed by atoms with Gasteiger partial charge < -0.3 is 20.3 Å². The van der Waals surface area contributed by atoms with Crippen LogP contribution in [-0.2, 0) is 11.0 Å². The Balaban J connectivity index is 1.38. The Morgan fingerprint density at radius 1 is 1.19 bits per heavy atom. The van der Waals surface area contributed by atoms with E-state index in [4.69, 9.17) is 10.5 Å². The number of halogens is 6. The Bertz CT molecular complexity index is 1940. The predicted molar refractivity (Wildman–Crippen MR) is 170 cm³/mol. The summed E-state index contributed by atoms with van der Waals surface area (Å²) < 4.78 is 95.1. The van der Waals surface area contributed by atoms with E-state index in [1.54, 1.807) is 0 Å². The highest BCUT2D eigenvalue weighted by Gasteiger charge is 2.49. The number of thiazole rings is 1. The average Bonchev–Trinajstić information content (AvgIpc) is 3.80. The summed E-state index contributed by atoms with van der Waals surface area (Å²) in [5.74, 6) is -1.21. The summed E-state index contributed by atoms with van der Waals surface area (Å²) in [7, 11) is 1.48. The van der Waals surface area contributed by atoms with Gasteiger partial charge in [-0.25, -0.2) is 18.2 Å². The lowest BCUT2D eigenvalue weighted by Gasteiger charge is -2.31. The quantitative estimate of drug-likeness (QED) is 0.193. The zero-order valence-corrected chi connectivity index (χ0v) is 26.6.